The van der Waals surface area contributed by atoms with Crippen molar-refractivity contribution >= 4 is 57.5 Å². The molecule has 59 heavy (non-hydrogen) atoms. The topological polar surface area (TPSA) is 198 Å². The molecule has 0 bridgehead atoms. The molecule has 0 saturated carbocycles. The Morgan fingerprint density at radius 3 is 1.29 bits per heavy atom. The lowest BCUT2D eigenvalue weighted by molar-refractivity contribution is -0.140. The monoisotopic (exact) mass is 824 g/mol. The van der Waals surface area contributed by atoms with Crippen LogP contribution in [0.5, 0.6) is 23.0 Å². The van der Waals surface area contributed by atoms with Crippen LogP contribution in [0.15, 0.2) is 131 Å². The summed E-state index contributed by atoms with van der Waals surface area (Å²) in [6.07, 6.45) is 1.26. The minimum atomic E-state index is -3.97. The normalized spacial score (nSPS) is 11.8. The number of rotatable bonds is 22. The maximum atomic E-state index is 13.5. The number of carbonyl (C=O) groups is 6. The van der Waals surface area contributed by atoms with E-state index in [9.17, 15) is 37.2 Å². The van der Waals surface area contributed by atoms with E-state index in [-0.39, 0.29) is 82.8 Å². The lowest BCUT2D eigenvalue weighted by atomic mass is 10.0. The van der Waals surface area contributed by atoms with Gasteiger partial charge in [0.2, 0.25) is 21.7 Å². The third kappa shape index (κ3) is 13.6. The third-order valence-electron chi connectivity index (χ3n) is 8.47. The number of sulfone groups is 1. The molecule has 0 fully saturated rings. The average Bonchev–Trinajstić information content (AvgIpc) is 3.21. The molecular formula is C44H44N2O12S. The zero-order valence-electron chi connectivity index (χ0n) is 32.5. The number of hydrogen-bond donors (Lipinski definition) is 2. The van der Waals surface area contributed by atoms with Crippen molar-refractivity contribution in [3.63, 3.8) is 0 Å². The number of nitrogens with one attached hydrogen (secondary N) is 2. The van der Waals surface area contributed by atoms with Gasteiger partial charge in [0, 0.05) is 35.8 Å². The number of ether oxygens (including phenoxy) is 4. The van der Waals surface area contributed by atoms with Crippen LogP contribution in [-0.2, 0) is 48.1 Å². The van der Waals surface area contributed by atoms with Crippen LogP contribution in [0, 0.1) is 11.8 Å². The van der Waals surface area contributed by atoms with Crippen LogP contribution < -0.4 is 20.1 Å². The van der Waals surface area contributed by atoms with Crippen LogP contribution in [0.25, 0.3) is 0 Å². The van der Waals surface area contributed by atoms with Crippen molar-refractivity contribution in [1.82, 2.24) is 0 Å². The highest BCUT2D eigenvalue weighted by Gasteiger charge is 2.21. The largest absolute Gasteiger partial charge is 0.462 e. The summed E-state index contributed by atoms with van der Waals surface area (Å²) in [5, 5.41) is 5.45. The standard InChI is InChI=1S/C44H44N2O12S/c1-29(2)43(51)55-23-21-31(27-47)25-41(49)45-37-9-5-7-11-39(37)57-33-13-17-35(18-14-33)59(53,54)36-19-15-34(16-20-36)58-40-12-8-6-10-38(40)46-42(50)26-32(28-48)22-24-56-44(52)30(3)4/h5-20,27-28,31-32H,1,3,21-26H2,2,4H3,(H,45,49)(H,46,50). The Kier molecular flexibility index (Phi) is 16.4. The first-order valence-electron chi connectivity index (χ1n) is 18.3. The molecule has 0 aliphatic rings. The van der Waals surface area contributed by atoms with E-state index in [2.05, 4.69) is 23.8 Å². The van der Waals surface area contributed by atoms with E-state index in [0.29, 0.717) is 23.9 Å². The number of anilines is 2. The molecule has 2 atom stereocenters. The Morgan fingerprint density at radius 2 is 0.949 bits per heavy atom. The number of carbonyl (C=O) groups excluding carboxylic acids is 6. The molecule has 2 amide bonds. The van der Waals surface area contributed by atoms with Gasteiger partial charge in [0.25, 0.3) is 0 Å². The summed E-state index contributed by atoms with van der Waals surface area (Å²) in [6.45, 7) is 9.92. The fourth-order valence-corrected chi connectivity index (χ4v) is 6.51. The summed E-state index contributed by atoms with van der Waals surface area (Å²) in [5.74, 6) is -2.34. The Balaban J connectivity index is 1.35. The van der Waals surface area contributed by atoms with Crippen LogP contribution in [0.1, 0.15) is 39.5 Å². The van der Waals surface area contributed by atoms with Crippen LogP contribution in [0.3, 0.4) is 0 Å². The predicted octanol–water partition coefficient (Wildman–Crippen LogP) is 7.41. The van der Waals surface area contributed by atoms with Gasteiger partial charge in [-0.1, -0.05) is 37.4 Å². The van der Waals surface area contributed by atoms with Gasteiger partial charge in [-0.25, -0.2) is 18.0 Å². The zero-order valence-corrected chi connectivity index (χ0v) is 33.3. The van der Waals surface area contributed by atoms with E-state index in [1.54, 1.807) is 48.5 Å². The van der Waals surface area contributed by atoms with Crippen molar-refractivity contribution in [2.24, 2.45) is 11.8 Å². The molecule has 2 N–H and O–H groups in total. The predicted molar refractivity (Wildman–Crippen MR) is 218 cm³/mol. The molecule has 0 heterocycles. The highest BCUT2D eigenvalue weighted by Crippen LogP contribution is 2.33. The lowest BCUT2D eigenvalue weighted by Crippen LogP contribution is -2.19. The molecule has 0 aliphatic heterocycles. The number of para-hydroxylation sites is 4. The smallest absolute Gasteiger partial charge is 0.333 e. The number of benzene rings is 4. The minimum Gasteiger partial charge on any atom is -0.462 e. The van der Waals surface area contributed by atoms with E-state index >= 15 is 0 Å². The Labute approximate surface area is 342 Å². The third-order valence-corrected chi connectivity index (χ3v) is 10.3. The van der Waals surface area contributed by atoms with Crippen molar-refractivity contribution in [1.29, 1.82) is 0 Å². The van der Waals surface area contributed by atoms with Gasteiger partial charge in [0.1, 0.15) is 24.1 Å². The number of esters is 2. The first-order valence-corrected chi connectivity index (χ1v) is 19.8. The summed E-state index contributed by atoms with van der Waals surface area (Å²) in [5.41, 5.74) is 1.10. The molecule has 0 spiro atoms. The molecule has 0 aliphatic carbocycles. The molecule has 4 rings (SSSR count). The Bertz CT molecular complexity index is 2130. The molecule has 4 aromatic rings. The van der Waals surface area contributed by atoms with Crippen LogP contribution in [-0.4, -0.2) is 58.0 Å². The van der Waals surface area contributed by atoms with E-state index in [1.165, 1.54) is 62.4 Å². The molecular weight excluding hydrogens is 781 g/mol. The van der Waals surface area contributed by atoms with E-state index in [0.717, 1.165) is 0 Å². The summed E-state index contributed by atoms with van der Waals surface area (Å²) < 4.78 is 49.0. The highest BCUT2D eigenvalue weighted by molar-refractivity contribution is 7.91. The Morgan fingerprint density at radius 1 is 0.593 bits per heavy atom. The summed E-state index contributed by atoms with van der Waals surface area (Å²) in [6, 6.07) is 24.6. The quantitative estimate of drug-likeness (QED) is 0.0453. The van der Waals surface area contributed by atoms with E-state index in [1.807, 2.05) is 0 Å². The molecule has 2 unspecified atom stereocenters. The summed E-state index contributed by atoms with van der Waals surface area (Å²) in [7, 11) is -3.97. The van der Waals surface area contributed by atoms with Crippen LogP contribution in [0.4, 0.5) is 11.4 Å². The number of aldehydes is 2. The second-order valence-electron chi connectivity index (χ2n) is 13.3. The zero-order chi connectivity index (χ0) is 43.0. The van der Waals surface area contributed by atoms with Gasteiger partial charge in [-0.05, 0) is 99.5 Å². The molecule has 15 heteroatoms. The molecule has 0 radical (unpaired) electrons. The van der Waals surface area contributed by atoms with Crippen molar-refractivity contribution in [3.05, 3.63) is 121 Å². The first-order chi connectivity index (χ1) is 28.2. The van der Waals surface area contributed by atoms with Gasteiger partial charge in [0.15, 0.2) is 11.5 Å². The maximum absolute atomic E-state index is 13.5. The van der Waals surface area contributed by atoms with Gasteiger partial charge in [-0.2, -0.15) is 0 Å². The van der Waals surface area contributed by atoms with Crippen LogP contribution >= 0.6 is 0 Å². The summed E-state index contributed by atoms with van der Waals surface area (Å²) in [4.78, 5) is 71.9. The molecule has 0 aromatic heterocycles. The van der Waals surface area contributed by atoms with Crippen molar-refractivity contribution < 1.29 is 56.1 Å². The van der Waals surface area contributed by atoms with Gasteiger partial charge < -0.3 is 39.2 Å². The average molecular weight is 825 g/mol. The lowest BCUT2D eigenvalue weighted by Gasteiger charge is -2.15. The fourth-order valence-electron chi connectivity index (χ4n) is 5.25. The number of hydrogen-bond acceptors (Lipinski definition) is 12. The fraction of sp³-hybridized carbons (Fsp3) is 0.227. The van der Waals surface area contributed by atoms with Crippen molar-refractivity contribution in [3.8, 4) is 23.0 Å². The van der Waals surface area contributed by atoms with Gasteiger partial charge in [0.05, 0.1) is 34.4 Å². The first kappa shape index (κ1) is 44.8. The minimum absolute atomic E-state index is 0.00962. The van der Waals surface area contributed by atoms with E-state index in [4.69, 9.17) is 18.9 Å². The SMILES string of the molecule is C=C(C)C(=O)OCCC(C=O)CC(=O)Nc1ccccc1Oc1ccc(S(=O)(=O)c2ccc(Oc3ccccc3NC(=O)CC(C=O)CCOC(=O)C(=C)C)cc2)cc1. The van der Waals surface area contributed by atoms with Gasteiger partial charge >= 0.3 is 11.9 Å². The maximum Gasteiger partial charge on any atom is 0.333 e. The summed E-state index contributed by atoms with van der Waals surface area (Å²) >= 11 is 0. The molecule has 0 saturated heterocycles. The molecule has 4 aromatic carbocycles. The van der Waals surface area contributed by atoms with E-state index < -0.39 is 45.4 Å². The second kappa shape index (κ2) is 21.6. The van der Waals surface area contributed by atoms with Crippen LogP contribution in [0.2, 0.25) is 0 Å². The van der Waals surface area contributed by atoms with Crippen molar-refractivity contribution in [2.45, 2.75) is 49.3 Å². The molecule has 308 valence electrons. The van der Waals surface area contributed by atoms with Gasteiger partial charge in [-0.15, -0.1) is 0 Å². The second-order valence-corrected chi connectivity index (χ2v) is 15.3. The number of amides is 2. The highest BCUT2D eigenvalue weighted by atomic mass is 32.2. The van der Waals surface area contributed by atoms with Gasteiger partial charge in [-0.3, -0.25) is 9.59 Å². The Hall–Kier alpha value is -6.87. The van der Waals surface area contributed by atoms with Crippen molar-refractivity contribution in [2.75, 3.05) is 23.8 Å². The molecule has 14 nitrogen and oxygen atoms in total.